The van der Waals surface area contributed by atoms with Gasteiger partial charge in [-0.2, -0.15) is 0 Å². The maximum Gasteiger partial charge on any atom is 0.400 e. The minimum atomic E-state index is -4.10. The molecule has 1 rings (SSSR count). The molecular formula is C12H20NO3P. The average molecular weight is 257 g/mol. The second-order valence-electron chi connectivity index (χ2n) is 3.96. The van der Waals surface area contributed by atoms with Crippen molar-refractivity contribution in [2.75, 3.05) is 6.54 Å². The average Bonchev–Trinajstić information content (AvgIpc) is 2.27. The quantitative estimate of drug-likeness (QED) is 0.682. The number of hydrogen-bond acceptors (Lipinski definition) is 1. The highest BCUT2D eigenvalue weighted by Gasteiger charge is 2.11. The molecule has 17 heavy (non-hydrogen) atoms. The van der Waals surface area contributed by atoms with E-state index in [1.165, 1.54) is 16.7 Å². The summed E-state index contributed by atoms with van der Waals surface area (Å²) in [5.41, 5.74) is 3.80. The van der Waals surface area contributed by atoms with E-state index in [1.807, 2.05) is 12.1 Å². The number of nitrogens with one attached hydrogen (secondary N) is 1. The Balaban J connectivity index is 2.74. The summed E-state index contributed by atoms with van der Waals surface area (Å²) in [6.07, 6.45) is 2.58. The third kappa shape index (κ3) is 4.60. The molecule has 3 N–H and O–H groups in total. The largest absolute Gasteiger partial charge is 0.400 e. The van der Waals surface area contributed by atoms with Crippen molar-refractivity contribution in [1.29, 1.82) is 0 Å². The molecule has 0 radical (unpaired) electrons. The van der Waals surface area contributed by atoms with Gasteiger partial charge in [-0.1, -0.05) is 32.0 Å². The SMILES string of the molecule is CCc1cccc(CCNP(=O)(O)O)c1CC. The van der Waals surface area contributed by atoms with Crippen LogP contribution >= 0.6 is 7.75 Å². The van der Waals surface area contributed by atoms with E-state index in [0.717, 1.165) is 12.8 Å². The predicted octanol–water partition coefficient (Wildman–Crippen LogP) is 2.04. The Labute approximate surface area is 102 Å². The van der Waals surface area contributed by atoms with E-state index < -0.39 is 7.75 Å². The van der Waals surface area contributed by atoms with Crippen molar-refractivity contribution in [3.05, 3.63) is 34.9 Å². The highest BCUT2D eigenvalue weighted by atomic mass is 31.2. The molecule has 0 saturated carbocycles. The summed E-state index contributed by atoms with van der Waals surface area (Å²) >= 11 is 0. The summed E-state index contributed by atoms with van der Waals surface area (Å²) in [6.45, 7) is 4.52. The van der Waals surface area contributed by atoms with Crippen LogP contribution in [0.5, 0.6) is 0 Å². The Bertz CT molecular complexity index is 414. The van der Waals surface area contributed by atoms with Crippen molar-refractivity contribution in [3.63, 3.8) is 0 Å². The molecule has 0 spiro atoms. The van der Waals surface area contributed by atoms with Crippen LogP contribution in [0, 0.1) is 0 Å². The Hall–Kier alpha value is -0.670. The maximum absolute atomic E-state index is 10.7. The second-order valence-corrected chi connectivity index (χ2v) is 5.37. The fraction of sp³-hybridized carbons (Fsp3) is 0.500. The van der Waals surface area contributed by atoms with Gasteiger partial charge in [-0.25, -0.2) is 9.65 Å². The van der Waals surface area contributed by atoms with Gasteiger partial charge in [0.15, 0.2) is 0 Å². The van der Waals surface area contributed by atoms with Gasteiger partial charge in [0.2, 0.25) is 0 Å². The summed E-state index contributed by atoms with van der Waals surface area (Å²) in [5.74, 6) is 0. The van der Waals surface area contributed by atoms with Gasteiger partial charge in [0.1, 0.15) is 0 Å². The molecule has 1 aromatic carbocycles. The summed E-state index contributed by atoms with van der Waals surface area (Å²) in [4.78, 5) is 17.4. The molecule has 0 aliphatic rings. The molecule has 0 unspecified atom stereocenters. The first kappa shape index (κ1) is 14.4. The molecule has 5 heteroatoms. The summed E-state index contributed by atoms with van der Waals surface area (Å²) in [7, 11) is -4.10. The fourth-order valence-corrected chi connectivity index (χ4v) is 2.45. The van der Waals surface area contributed by atoms with E-state index in [9.17, 15) is 4.57 Å². The number of benzene rings is 1. The zero-order valence-corrected chi connectivity index (χ0v) is 11.2. The molecule has 0 aromatic heterocycles. The minimum absolute atomic E-state index is 0.296. The molecule has 0 saturated heterocycles. The Morgan fingerprint density at radius 3 is 2.35 bits per heavy atom. The molecule has 96 valence electrons. The topological polar surface area (TPSA) is 69.6 Å². The highest BCUT2D eigenvalue weighted by Crippen LogP contribution is 2.27. The number of hydrogen-bond donors (Lipinski definition) is 3. The first-order chi connectivity index (χ1) is 7.98. The lowest BCUT2D eigenvalue weighted by Gasteiger charge is -2.13. The molecule has 1 aromatic rings. The lowest BCUT2D eigenvalue weighted by molar-refractivity contribution is 0.357. The summed E-state index contributed by atoms with van der Waals surface area (Å²) < 4.78 is 10.7. The smallest absolute Gasteiger partial charge is 0.313 e. The van der Waals surface area contributed by atoms with E-state index in [2.05, 4.69) is 25.0 Å². The lowest BCUT2D eigenvalue weighted by atomic mass is 9.95. The van der Waals surface area contributed by atoms with Crippen LogP contribution in [0.2, 0.25) is 0 Å². The van der Waals surface area contributed by atoms with Crippen molar-refractivity contribution >= 4 is 7.75 Å². The van der Waals surface area contributed by atoms with Gasteiger partial charge in [0, 0.05) is 6.54 Å². The number of rotatable bonds is 6. The Morgan fingerprint density at radius 1 is 1.18 bits per heavy atom. The van der Waals surface area contributed by atoms with E-state index in [-0.39, 0.29) is 0 Å². The highest BCUT2D eigenvalue weighted by molar-refractivity contribution is 7.49. The van der Waals surface area contributed by atoms with Gasteiger partial charge in [-0.15, -0.1) is 0 Å². The zero-order chi connectivity index (χ0) is 12.9. The van der Waals surface area contributed by atoms with Gasteiger partial charge in [-0.05, 0) is 36.0 Å². The first-order valence-corrected chi connectivity index (χ1v) is 7.49. The zero-order valence-electron chi connectivity index (χ0n) is 10.3. The standard InChI is InChI=1S/C12H20NO3P/c1-3-10-6-5-7-11(12(10)4-2)8-9-13-17(14,15)16/h5-7H,3-4,8-9H2,1-2H3,(H3,13,14,15,16). The molecule has 0 atom stereocenters. The Morgan fingerprint density at radius 2 is 1.82 bits per heavy atom. The third-order valence-electron chi connectivity index (χ3n) is 2.82. The molecule has 0 aliphatic carbocycles. The van der Waals surface area contributed by atoms with Crippen LogP contribution < -0.4 is 5.09 Å². The van der Waals surface area contributed by atoms with Crippen molar-refractivity contribution in [2.24, 2.45) is 0 Å². The van der Waals surface area contributed by atoms with Gasteiger partial charge < -0.3 is 9.79 Å². The van der Waals surface area contributed by atoms with Crippen LogP contribution in [0.25, 0.3) is 0 Å². The molecule has 0 fully saturated rings. The molecule has 0 amide bonds. The monoisotopic (exact) mass is 257 g/mol. The molecule has 0 aliphatic heterocycles. The van der Waals surface area contributed by atoms with Crippen molar-refractivity contribution in [2.45, 2.75) is 33.1 Å². The van der Waals surface area contributed by atoms with Crippen LogP contribution in [0.1, 0.15) is 30.5 Å². The first-order valence-electron chi connectivity index (χ1n) is 5.88. The minimum Gasteiger partial charge on any atom is -0.313 e. The number of aryl methyl sites for hydroxylation is 1. The van der Waals surface area contributed by atoms with Gasteiger partial charge in [0.25, 0.3) is 0 Å². The van der Waals surface area contributed by atoms with E-state index in [1.54, 1.807) is 0 Å². The summed E-state index contributed by atoms with van der Waals surface area (Å²) in [5, 5.41) is 2.23. The van der Waals surface area contributed by atoms with Crippen molar-refractivity contribution < 1.29 is 14.4 Å². The van der Waals surface area contributed by atoms with Crippen LogP contribution in [0.3, 0.4) is 0 Å². The van der Waals surface area contributed by atoms with Gasteiger partial charge in [0.05, 0.1) is 0 Å². The van der Waals surface area contributed by atoms with E-state index in [4.69, 9.17) is 9.79 Å². The van der Waals surface area contributed by atoms with Crippen molar-refractivity contribution in [1.82, 2.24) is 5.09 Å². The van der Waals surface area contributed by atoms with Crippen LogP contribution in [0.4, 0.5) is 0 Å². The normalized spacial score (nSPS) is 11.8. The van der Waals surface area contributed by atoms with Gasteiger partial charge >= 0.3 is 7.75 Å². The van der Waals surface area contributed by atoms with Crippen molar-refractivity contribution in [3.8, 4) is 0 Å². The molecular weight excluding hydrogens is 237 g/mol. The Kier molecular flexibility index (Phi) is 5.34. The van der Waals surface area contributed by atoms with E-state index in [0.29, 0.717) is 13.0 Å². The fourth-order valence-electron chi connectivity index (χ4n) is 2.04. The lowest BCUT2D eigenvalue weighted by Crippen LogP contribution is -2.14. The van der Waals surface area contributed by atoms with E-state index >= 15 is 0 Å². The predicted molar refractivity (Wildman–Crippen MR) is 68.9 cm³/mol. The molecule has 0 bridgehead atoms. The van der Waals surface area contributed by atoms with Crippen LogP contribution in [0.15, 0.2) is 18.2 Å². The third-order valence-corrected chi connectivity index (χ3v) is 3.45. The second kappa shape index (κ2) is 6.31. The molecule has 4 nitrogen and oxygen atoms in total. The van der Waals surface area contributed by atoms with Gasteiger partial charge in [-0.3, -0.25) is 0 Å². The summed E-state index contributed by atoms with van der Waals surface area (Å²) in [6, 6.07) is 6.14. The van der Waals surface area contributed by atoms with Crippen LogP contribution in [-0.2, 0) is 23.8 Å². The maximum atomic E-state index is 10.7. The van der Waals surface area contributed by atoms with Crippen LogP contribution in [-0.4, -0.2) is 16.3 Å². The molecule has 0 heterocycles.